The molecule has 1 aromatic heterocycles. The maximum absolute atomic E-state index is 14.3. The van der Waals surface area contributed by atoms with Gasteiger partial charge in [0.25, 0.3) is 5.91 Å². The van der Waals surface area contributed by atoms with Crippen LogP contribution in [0.1, 0.15) is 92.9 Å². The van der Waals surface area contributed by atoms with E-state index < -0.39 is 42.0 Å². The van der Waals surface area contributed by atoms with Crippen molar-refractivity contribution in [2.75, 3.05) is 20.1 Å². The fourth-order valence-electron chi connectivity index (χ4n) is 6.86. The minimum absolute atomic E-state index is 0.00702. The average Bonchev–Trinajstić information content (AvgIpc) is 3.77. The molecule has 13 heteroatoms. The third-order valence-electron chi connectivity index (χ3n) is 9.66. The standard InChI is InChI=1S/C39H52N6O7/c1-26(2)21-30-38(49)45-24-28(46)23-32(45)39(50)44(3)31(22-27-15-9-8-10-16-27)37(48)40-20-14-7-5-4-6-11-19-35-42-34(43-52-35)25-51-33-18-13-12-17-29(33)36(47)41-30/h8-10,12-13,15-18,26,28,30-32,46H,4-7,11,14,19-25H2,1-3H3,(H,40,48)(H,41,47)/t28-,30+,31-,32+/m0/s1. The van der Waals surface area contributed by atoms with Gasteiger partial charge in [-0.2, -0.15) is 4.98 Å². The van der Waals surface area contributed by atoms with Gasteiger partial charge in [0.1, 0.15) is 23.9 Å². The third kappa shape index (κ3) is 10.4. The van der Waals surface area contributed by atoms with Gasteiger partial charge in [-0.15, -0.1) is 0 Å². The van der Waals surface area contributed by atoms with Crippen LogP contribution in [0.5, 0.6) is 5.75 Å². The molecule has 1 fully saturated rings. The SMILES string of the molecule is CC(C)C[C@H]1NC(=O)c2ccccc2OCc2noc(n2)CCCCCCCCNC(=O)[C@H](Cc2ccccc2)N(C)C(=O)[C@H]2C[C@H](O)CN2C1=O. The molecule has 3 aromatic rings. The van der Waals surface area contributed by atoms with Gasteiger partial charge in [-0.05, 0) is 42.9 Å². The van der Waals surface area contributed by atoms with E-state index in [1.807, 2.05) is 44.2 Å². The Balaban J connectivity index is 1.41. The second-order valence-corrected chi connectivity index (χ2v) is 14.3. The molecule has 2 aromatic carbocycles. The van der Waals surface area contributed by atoms with Gasteiger partial charge in [0.15, 0.2) is 6.61 Å². The van der Waals surface area contributed by atoms with Crippen LogP contribution in [-0.2, 0) is 33.8 Å². The second-order valence-electron chi connectivity index (χ2n) is 14.3. The molecule has 0 saturated carbocycles. The number of ether oxygens (including phenoxy) is 1. The van der Waals surface area contributed by atoms with Crippen LogP contribution < -0.4 is 15.4 Å². The topological polar surface area (TPSA) is 167 Å². The van der Waals surface area contributed by atoms with Crippen LogP contribution >= 0.6 is 0 Å². The number of likely N-dealkylation sites (N-methyl/N-ethyl adjacent to an activating group) is 1. The quantitative estimate of drug-likeness (QED) is 0.364. The molecule has 5 rings (SSSR count). The summed E-state index contributed by atoms with van der Waals surface area (Å²) >= 11 is 0. The highest BCUT2D eigenvalue weighted by molar-refractivity contribution is 6.00. The Hall–Kier alpha value is -4.78. The van der Waals surface area contributed by atoms with Crippen LogP contribution in [0.25, 0.3) is 0 Å². The van der Waals surface area contributed by atoms with Gasteiger partial charge in [0, 0.05) is 39.4 Å². The molecule has 2 aliphatic heterocycles. The first kappa shape index (κ1) is 38.5. The minimum atomic E-state index is -1.01. The number of amides is 4. The Morgan fingerprint density at radius 3 is 2.40 bits per heavy atom. The fourth-order valence-corrected chi connectivity index (χ4v) is 6.86. The maximum atomic E-state index is 14.3. The third-order valence-corrected chi connectivity index (χ3v) is 9.66. The number of aliphatic hydroxyl groups is 1. The van der Waals surface area contributed by atoms with E-state index in [1.165, 1.54) is 9.80 Å². The number of hydrogen-bond acceptors (Lipinski definition) is 9. The average molecular weight is 717 g/mol. The second kappa shape index (κ2) is 18.6. The molecule has 52 heavy (non-hydrogen) atoms. The monoisotopic (exact) mass is 716 g/mol. The molecule has 2 bridgehead atoms. The highest BCUT2D eigenvalue weighted by Gasteiger charge is 2.44. The summed E-state index contributed by atoms with van der Waals surface area (Å²) in [6, 6.07) is 13.4. The van der Waals surface area contributed by atoms with Crippen molar-refractivity contribution in [3.8, 4) is 5.75 Å². The van der Waals surface area contributed by atoms with E-state index in [9.17, 15) is 24.3 Å². The van der Waals surface area contributed by atoms with Gasteiger partial charge < -0.3 is 34.8 Å². The number of nitrogens with one attached hydrogen (secondary N) is 2. The molecular weight excluding hydrogens is 664 g/mol. The number of carbonyl (C=O) groups is 4. The molecule has 13 nitrogen and oxygen atoms in total. The van der Waals surface area contributed by atoms with Crippen LogP contribution in [0, 0.1) is 5.92 Å². The summed E-state index contributed by atoms with van der Waals surface area (Å²) in [5.74, 6) is -0.529. The molecule has 280 valence electrons. The van der Waals surface area contributed by atoms with E-state index in [1.54, 1.807) is 31.3 Å². The summed E-state index contributed by atoms with van der Waals surface area (Å²) in [5, 5.41) is 20.8. The lowest BCUT2D eigenvalue weighted by atomic mass is 10.0. The van der Waals surface area contributed by atoms with E-state index in [-0.39, 0.29) is 49.1 Å². The predicted molar refractivity (Wildman–Crippen MR) is 193 cm³/mol. The normalized spacial score (nSPS) is 23.4. The highest BCUT2D eigenvalue weighted by Crippen LogP contribution is 2.25. The van der Waals surface area contributed by atoms with Crippen molar-refractivity contribution in [2.24, 2.45) is 5.92 Å². The summed E-state index contributed by atoms with van der Waals surface area (Å²) in [6.07, 6.45) is 6.01. The Bertz CT molecular complexity index is 1650. The Kier molecular flexibility index (Phi) is 13.8. The van der Waals surface area contributed by atoms with Crippen LogP contribution in [0.15, 0.2) is 59.1 Å². The number of carbonyl (C=O) groups excluding carboxylic acids is 4. The zero-order valence-electron chi connectivity index (χ0n) is 30.5. The lowest BCUT2D eigenvalue weighted by Gasteiger charge is -2.34. The maximum Gasteiger partial charge on any atom is 0.255 e. The van der Waals surface area contributed by atoms with E-state index in [0.717, 1.165) is 44.1 Å². The largest absolute Gasteiger partial charge is 0.485 e. The number of rotatable bonds is 4. The number of fused-ring (bicyclic) bond motifs is 4. The van der Waals surface area contributed by atoms with E-state index in [4.69, 9.17) is 9.26 Å². The first-order valence-electron chi connectivity index (χ1n) is 18.5. The van der Waals surface area contributed by atoms with Crippen molar-refractivity contribution >= 4 is 23.6 Å². The molecule has 0 aliphatic carbocycles. The van der Waals surface area contributed by atoms with Crippen LogP contribution in [0.3, 0.4) is 0 Å². The van der Waals surface area contributed by atoms with Gasteiger partial charge >= 0.3 is 0 Å². The minimum Gasteiger partial charge on any atom is -0.485 e. The Labute approximate surface area is 305 Å². The molecule has 0 unspecified atom stereocenters. The van der Waals surface area contributed by atoms with E-state index in [2.05, 4.69) is 20.8 Å². The van der Waals surface area contributed by atoms with Crippen LogP contribution in [-0.4, -0.2) is 93.0 Å². The molecule has 1 saturated heterocycles. The number of para-hydroxylation sites is 1. The Morgan fingerprint density at radius 1 is 0.923 bits per heavy atom. The molecule has 4 atom stereocenters. The van der Waals surface area contributed by atoms with Crippen molar-refractivity contribution in [1.29, 1.82) is 0 Å². The number of nitrogens with zero attached hydrogens (tertiary/aromatic N) is 4. The number of benzene rings is 2. The number of hydrogen-bond donors (Lipinski definition) is 3. The first-order chi connectivity index (χ1) is 25.1. The molecule has 4 amide bonds. The molecule has 3 N–H and O–H groups in total. The molecule has 0 radical (unpaired) electrons. The summed E-state index contributed by atoms with van der Waals surface area (Å²) in [5.41, 5.74) is 1.11. The Morgan fingerprint density at radius 2 is 1.63 bits per heavy atom. The van der Waals surface area contributed by atoms with Crippen molar-refractivity contribution < 1.29 is 33.5 Å². The summed E-state index contributed by atoms with van der Waals surface area (Å²) in [7, 11) is 1.58. The van der Waals surface area contributed by atoms with Gasteiger partial charge in [0.2, 0.25) is 29.4 Å². The van der Waals surface area contributed by atoms with Gasteiger partial charge in [0.05, 0.1) is 11.7 Å². The van der Waals surface area contributed by atoms with Gasteiger partial charge in [-0.3, -0.25) is 19.2 Å². The molecule has 2 aliphatic rings. The van der Waals surface area contributed by atoms with E-state index >= 15 is 0 Å². The molecule has 0 spiro atoms. The molecular formula is C39H52N6O7. The molecule has 3 heterocycles. The smallest absolute Gasteiger partial charge is 0.255 e. The van der Waals surface area contributed by atoms with Crippen LogP contribution in [0.2, 0.25) is 0 Å². The fraction of sp³-hybridized carbons (Fsp3) is 0.538. The van der Waals surface area contributed by atoms with Crippen molar-refractivity contribution in [3.05, 3.63) is 77.4 Å². The van der Waals surface area contributed by atoms with Crippen molar-refractivity contribution in [1.82, 2.24) is 30.6 Å². The van der Waals surface area contributed by atoms with Gasteiger partial charge in [-0.1, -0.05) is 87.2 Å². The lowest BCUT2D eigenvalue weighted by Crippen LogP contribution is -2.57. The lowest BCUT2D eigenvalue weighted by molar-refractivity contribution is -0.147. The van der Waals surface area contributed by atoms with Crippen molar-refractivity contribution in [3.63, 3.8) is 0 Å². The number of aromatic nitrogens is 2. The predicted octanol–water partition coefficient (Wildman–Crippen LogP) is 3.84. The zero-order valence-corrected chi connectivity index (χ0v) is 30.5. The van der Waals surface area contributed by atoms with Crippen molar-refractivity contribution in [2.45, 2.75) is 109 Å². The van der Waals surface area contributed by atoms with E-state index in [0.29, 0.717) is 31.1 Å². The number of aliphatic hydroxyl groups excluding tert-OH is 1. The van der Waals surface area contributed by atoms with Gasteiger partial charge in [-0.25, -0.2) is 0 Å². The van der Waals surface area contributed by atoms with Crippen LogP contribution in [0.4, 0.5) is 0 Å². The summed E-state index contributed by atoms with van der Waals surface area (Å²) in [6.45, 7) is 4.27. The first-order valence-corrected chi connectivity index (χ1v) is 18.5. The summed E-state index contributed by atoms with van der Waals surface area (Å²) in [4.78, 5) is 63.2. The summed E-state index contributed by atoms with van der Waals surface area (Å²) < 4.78 is 11.4. The highest BCUT2D eigenvalue weighted by atomic mass is 16.5. The number of aryl methyl sites for hydroxylation is 1. The zero-order chi connectivity index (χ0) is 37.0.